The van der Waals surface area contributed by atoms with Crippen LogP contribution >= 0.6 is 43.2 Å². The summed E-state index contributed by atoms with van der Waals surface area (Å²) in [5, 5.41) is 9.67. The monoisotopic (exact) mass is 375 g/mol. The van der Waals surface area contributed by atoms with Crippen LogP contribution in [0.15, 0.2) is 27.1 Å². The van der Waals surface area contributed by atoms with Crippen molar-refractivity contribution in [3.8, 4) is 10.6 Å². The van der Waals surface area contributed by atoms with Crippen molar-refractivity contribution in [2.24, 2.45) is 0 Å². The summed E-state index contributed by atoms with van der Waals surface area (Å²) in [6.07, 6.45) is 0. The lowest BCUT2D eigenvalue weighted by atomic mass is 10.2. The summed E-state index contributed by atoms with van der Waals surface area (Å²) >= 11 is 8.18. The van der Waals surface area contributed by atoms with Crippen molar-refractivity contribution in [1.29, 1.82) is 0 Å². The summed E-state index contributed by atoms with van der Waals surface area (Å²) in [6, 6.07) is 5.71. The molecule has 1 aromatic heterocycles. The highest BCUT2D eigenvalue weighted by molar-refractivity contribution is 9.13. The van der Waals surface area contributed by atoms with E-state index in [-0.39, 0.29) is 5.69 Å². The molecule has 17 heavy (non-hydrogen) atoms. The van der Waals surface area contributed by atoms with Crippen molar-refractivity contribution in [2.45, 2.75) is 6.92 Å². The third-order valence-electron chi connectivity index (χ3n) is 2.17. The molecule has 0 radical (unpaired) electrons. The Balaban J connectivity index is 2.50. The van der Waals surface area contributed by atoms with Crippen molar-refractivity contribution < 1.29 is 9.90 Å². The number of hydrogen-bond donors (Lipinski definition) is 1. The van der Waals surface area contributed by atoms with Crippen LogP contribution in [0.4, 0.5) is 0 Å². The minimum Gasteiger partial charge on any atom is -0.476 e. The average Bonchev–Trinajstić information content (AvgIpc) is 2.64. The van der Waals surface area contributed by atoms with Crippen LogP contribution in [0, 0.1) is 6.92 Å². The summed E-state index contributed by atoms with van der Waals surface area (Å²) in [6.45, 7) is 1.76. The van der Waals surface area contributed by atoms with E-state index in [9.17, 15) is 4.79 Å². The van der Waals surface area contributed by atoms with Gasteiger partial charge in [0, 0.05) is 19.4 Å². The van der Waals surface area contributed by atoms with Crippen LogP contribution in [0.25, 0.3) is 10.6 Å². The van der Waals surface area contributed by atoms with Gasteiger partial charge < -0.3 is 5.11 Å². The highest BCUT2D eigenvalue weighted by atomic mass is 79.9. The van der Waals surface area contributed by atoms with E-state index in [1.807, 2.05) is 18.2 Å². The molecule has 0 aliphatic carbocycles. The number of benzene rings is 1. The Kier molecular flexibility index (Phi) is 3.65. The van der Waals surface area contributed by atoms with Crippen LogP contribution in [0.5, 0.6) is 0 Å². The van der Waals surface area contributed by atoms with Crippen molar-refractivity contribution in [2.75, 3.05) is 0 Å². The zero-order valence-electron chi connectivity index (χ0n) is 8.70. The number of nitrogens with zero attached hydrogens (tertiary/aromatic N) is 1. The fraction of sp³-hybridized carbons (Fsp3) is 0.0909. The summed E-state index contributed by atoms with van der Waals surface area (Å²) in [5.41, 5.74) is 1.03. The molecular weight excluding hydrogens is 370 g/mol. The molecule has 2 aromatic rings. The number of carboxylic acid groups (broad SMARTS) is 1. The van der Waals surface area contributed by atoms with E-state index in [4.69, 9.17) is 5.11 Å². The Morgan fingerprint density at radius 1 is 1.35 bits per heavy atom. The SMILES string of the molecule is Cc1sc(-c2ccc(Br)c(Br)c2)nc1C(=O)O. The van der Waals surface area contributed by atoms with Crippen LogP contribution in [-0.2, 0) is 0 Å². The number of halogens is 2. The summed E-state index contributed by atoms with van der Waals surface area (Å²) in [7, 11) is 0. The normalized spacial score (nSPS) is 10.5. The molecule has 1 aromatic carbocycles. The Labute approximate surface area is 119 Å². The van der Waals surface area contributed by atoms with Crippen LogP contribution in [0.1, 0.15) is 15.4 Å². The Hall–Kier alpha value is -0.720. The lowest BCUT2D eigenvalue weighted by Crippen LogP contribution is -1.98. The van der Waals surface area contributed by atoms with Gasteiger partial charge in [-0.25, -0.2) is 9.78 Å². The van der Waals surface area contributed by atoms with Gasteiger partial charge in [-0.15, -0.1) is 11.3 Å². The van der Waals surface area contributed by atoms with Crippen molar-refractivity contribution >= 4 is 49.2 Å². The maximum Gasteiger partial charge on any atom is 0.355 e. The van der Waals surface area contributed by atoms with E-state index >= 15 is 0 Å². The minimum atomic E-state index is -0.985. The quantitative estimate of drug-likeness (QED) is 0.847. The molecule has 1 heterocycles. The van der Waals surface area contributed by atoms with E-state index in [0.29, 0.717) is 9.88 Å². The zero-order chi connectivity index (χ0) is 12.6. The van der Waals surface area contributed by atoms with Crippen molar-refractivity contribution in [3.05, 3.63) is 37.7 Å². The molecule has 0 atom stereocenters. The molecule has 88 valence electrons. The largest absolute Gasteiger partial charge is 0.476 e. The number of hydrogen-bond acceptors (Lipinski definition) is 3. The summed E-state index contributed by atoms with van der Waals surface area (Å²) < 4.78 is 1.87. The number of rotatable bonds is 2. The molecule has 0 unspecified atom stereocenters. The molecule has 6 heteroatoms. The topological polar surface area (TPSA) is 50.2 Å². The van der Waals surface area contributed by atoms with E-state index in [0.717, 1.165) is 14.5 Å². The average molecular weight is 377 g/mol. The highest BCUT2D eigenvalue weighted by Crippen LogP contribution is 2.32. The highest BCUT2D eigenvalue weighted by Gasteiger charge is 2.15. The predicted molar refractivity (Wildman–Crippen MR) is 74.6 cm³/mol. The van der Waals surface area contributed by atoms with Gasteiger partial charge in [-0.05, 0) is 50.9 Å². The Morgan fingerprint density at radius 2 is 2.06 bits per heavy atom. The summed E-state index contributed by atoms with van der Waals surface area (Å²) in [5.74, 6) is -0.985. The summed E-state index contributed by atoms with van der Waals surface area (Å²) in [4.78, 5) is 15.8. The van der Waals surface area contributed by atoms with Crippen LogP contribution in [0.3, 0.4) is 0 Å². The van der Waals surface area contributed by atoms with Gasteiger partial charge in [0.1, 0.15) is 5.01 Å². The molecule has 0 bridgehead atoms. The molecule has 0 amide bonds. The lowest BCUT2D eigenvalue weighted by Gasteiger charge is -1.99. The van der Waals surface area contributed by atoms with Gasteiger partial charge in [0.2, 0.25) is 0 Å². The molecule has 0 aliphatic rings. The molecule has 1 N–H and O–H groups in total. The second-order valence-electron chi connectivity index (χ2n) is 3.36. The van der Waals surface area contributed by atoms with Gasteiger partial charge in [0.25, 0.3) is 0 Å². The van der Waals surface area contributed by atoms with Gasteiger partial charge in [-0.1, -0.05) is 6.07 Å². The number of carboxylic acids is 1. The van der Waals surface area contributed by atoms with Crippen LogP contribution in [-0.4, -0.2) is 16.1 Å². The molecular formula is C11H7Br2NO2S. The minimum absolute atomic E-state index is 0.129. The van der Waals surface area contributed by atoms with Gasteiger partial charge in [0.05, 0.1) is 0 Å². The molecule has 0 saturated heterocycles. The second kappa shape index (κ2) is 4.88. The number of thiazole rings is 1. The molecule has 0 fully saturated rings. The van der Waals surface area contributed by atoms with E-state index in [1.54, 1.807) is 6.92 Å². The number of carbonyl (C=O) groups is 1. The van der Waals surface area contributed by atoms with Gasteiger partial charge in [-0.2, -0.15) is 0 Å². The number of aryl methyl sites for hydroxylation is 1. The zero-order valence-corrected chi connectivity index (χ0v) is 12.7. The Morgan fingerprint density at radius 3 is 2.59 bits per heavy atom. The molecule has 0 spiro atoms. The fourth-order valence-electron chi connectivity index (χ4n) is 1.35. The third kappa shape index (κ3) is 2.59. The lowest BCUT2D eigenvalue weighted by molar-refractivity contribution is 0.0690. The van der Waals surface area contributed by atoms with Gasteiger partial charge in [0.15, 0.2) is 5.69 Å². The van der Waals surface area contributed by atoms with Crippen LogP contribution < -0.4 is 0 Å². The third-order valence-corrected chi connectivity index (χ3v) is 5.07. The van der Waals surface area contributed by atoms with Gasteiger partial charge in [-0.3, -0.25) is 0 Å². The second-order valence-corrected chi connectivity index (χ2v) is 6.27. The maximum atomic E-state index is 10.9. The molecule has 0 saturated carbocycles. The predicted octanol–water partition coefficient (Wildman–Crippen LogP) is 4.34. The van der Waals surface area contributed by atoms with Gasteiger partial charge >= 0.3 is 5.97 Å². The molecule has 3 nitrogen and oxygen atoms in total. The smallest absolute Gasteiger partial charge is 0.355 e. The standard InChI is InChI=1S/C11H7Br2NO2S/c1-5-9(11(15)16)14-10(17-5)6-2-3-7(12)8(13)4-6/h2-4H,1H3,(H,15,16). The first kappa shape index (κ1) is 12.7. The first-order chi connectivity index (χ1) is 7.99. The van der Waals surface area contributed by atoms with E-state index in [1.165, 1.54) is 11.3 Å². The first-order valence-corrected chi connectivity index (χ1v) is 7.05. The number of aromatic nitrogens is 1. The number of aromatic carboxylic acids is 1. The first-order valence-electron chi connectivity index (χ1n) is 4.65. The van der Waals surface area contributed by atoms with Crippen LogP contribution in [0.2, 0.25) is 0 Å². The molecule has 2 rings (SSSR count). The Bertz CT molecular complexity index is 595. The maximum absolute atomic E-state index is 10.9. The molecule has 0 aliphatic heterocycles. The fourth-order valence-corrected chi connectivity index (χ4v) is 2.87. The van der Waals surface area contributed by atoms with Crippen molar-refractivity contribution in [3.63, 3.8) is 0 Å². The van der Waals surface area contributed by atoms with Crippen molar-refractivity contribution in [1.82, 2.24) is 4.98 Å². The van der Waals surface area contributed by atoms with E-state index < -0.39 is 5.97 Å². The van der Waals surface area contributed by atoms with E-state index in [2.05, 4.69) is 36.8 Å².